The zero-order valence-electron chi connectivity index (χ0n) is 22.1. The standard InChI is InChI=1S/C24H44O7P2/c1-11-28-32(26,29-12-2)17-21(33(27,30-13-3)31-14-4)19-15-18(23(5,6)7)16-20(22(19)25)24(8,9)10/h15-16,21,25H,11-14,17H2,1-10H3. The van der Waals surface area contributed by atoms with Crippen LogP contribution in [0.15, 0.2) is 12.1 Å². The maximum atomic E-state index is 14.1. The number of benzene rings is 1. The van der Waals surface area contributed by atoms with E-state index in [0.717, 1.165) is 5.56 Å². The molecule has 7 nitrogen and oxygen atoms in total. The zero-order chi connectivity index (χ0) is 25.7. The van der Waals surface area contributed by atoms with Gasteiger partial charge in [-0.15, -0.1) is 0 Å². The topological polar surface area (TPSA) is 91.3 Å². The van der Waals surface area contributed by atoms with Crippen LogP contribution in [-0.2, 0) is 38.1 Å². The van der Waals surface area contributed by atoms with E-state index in [1.54, 1.807) is 27.7 Å². The molecule has 1 atom stereocenters. The summed E-state index contributed by atoms with van der Waals surface area (Å²) in [5.41, 5.74) is 0.346. The minimum atomic E-state index is -3.86. The van der Waals surface area contributed by atoms with Gasteiger partial charge in [0.15, 0.2) is 0 Å². The summed E-state index contributed by atoms with van der Waals surface area (Å²) in [5, 5.41) is 11.4. The van der Waals surface area contributed by atoms with Crippen molar-refractivity contribution in [2.45, 2.75) is 85.7 Å². The highest BCUT2D eigenvalue weighted by molar-refractivity contribution is 7.58. The molecule has 192 valence electrons. The summed E-state index contributed by atoms with van der Waals surface area (Å²) in [4.78, 5) is 0. The van der Waals surface area contributed by atoms with E-state index in [1.807, 2.05) is 32.9 Å². The van der Waals surface area contributed by atoms with Crippen molar-refractivity contribution in [3.63, 3.8) is 0 Å². The molecule has 0 fully saturated rings. The summed E-state index contributed by atoms with van der Waals surface area (Å²) >= 11 is 0. The Labute approximate surface area is 200 Å². The minimum absolute atomic E-state index is 0.000298. The number of rotatable bonds is 12. The molecule has 1 N–H and O–H groups in total. The Morgan fingerprint density at radius 2 is 1.24 bits per heavy atom. The number of hydrogen-bond acceptors (Lipinski definition) is 7. The molecule has 1 rings (SSSR count). The van der Waals surface area contributed by atoms with Crippen molar-refractivity contribution >= 4 is 15.2 Å². The summed E-state index contributed by atoms with van der Waals surface area (Å²) < 4.78 is 50.1. The molecule has 0 amide bonds. The van der Waals surface area contributed by atoms with Crippen LogP contribution in [0.4, 0.5) is 0 Å². The molecule has 33 heavy (non-hydrogen) atoms. The molecule has 0 spiro atoms. The lowest BCUT2D eigenvalue weighted by Crippen LogP contribution is -2.20. The Balaban J connectivity index is 3.98. The van der Waals surface area contributed by atoms with Crippen molar-refractivity contribution in [2.24, 2.45) is 0 Å². The molecule has 0 radical (unpaired) electrons. The number of aromatic hydroxyl groups is 1. The van der Waals surface area contributed by atoms with Crippen LogP contribution in [0.25, 0.3) is 0 Å². The fourth-order valence-electron chi connectivity index (χ4n) is 3.61. The Morgan fingerprint density at radius 3 is 1.61 bits per heavy atom. The molecule has 0 saturated heterocycles. The van der Waals surface area contributed by atoms with E-state index in [-0.39, 0.29) is 43.8 Å². The highest BCUT2D eigenvalue weighted by Crippen LogP contribution is 2.68. The molecule has 1 aromatic rings. The van der Waals surface area contributed by atoms with Crippen LogP contribution in [0.5, 0.6) is 5.75 Å². The van der Waals surface area contributed by atoms with E-state index in [9.17, 15) is 14.2 Å². The second kappa shape index (κ2) is 11.8. The van der Waals surface area contributed by atoms with E-state index in [2.05, 4.69) is 20.8 Å². The second-order valence-electron chi connectivity index (χ2n) is 9.98. The lowest BCUT2D eigenvalue weighted by Gasteiger charge is -2.33. The van der Waals surface area contributed by atoms with Gasteiger partial charge in [0.1, 0.15) is 11.4 Å². The van der Waals surface area contributed by atoms with Crippen molar-refractivity contribution in [1.29, 1.82) is 0 Å². The second-order valence-corrected chi connectivity index (χ2v) is 14.3. The van der Waals surface area contributed by atoms with Gasteiger partial charge in [-0.2, -0.15) is 0 Å². The third-order valence-corrected chi connectivity index (χ3v) is 10.1. The van der Waals surface area contributed by atoms with Crippen molar-refractivity contribution in [1.82, 2.24) is 0 Å². The first-order chi connectivity index (χ1) is 15.1. The molecule has 0 bridgehead atoms. The first-order valence-corrected chi connectivity index (χ1v) is 15.1. The van der Waals surface area contributed by atoms with Crippen molar-refractivity contribution in [3.05, 3.63) is 28.8 Å². The predicted molar refractivity (Wildman–Crippen MR) is 135 cm³/mol. The average molecular weight is 507 g/mol. The summed E-state index contributed by atoms with van der Waals surface area (Å²) in [6, 6.07) is 3.80. The highest BCUT2D eigenvalue weighted by Gasteiger charge is 2.45. The van der Waals surface area contributed by atoms with Crippen LogP contribution in [0.3, 0.4) is 0 Å². The number of phenols is 1. The summed E-state index contributed by atoms with van der Waals surface area (Å²) in [5.74, 6) is -0.000298. The van der Waals surface area contributed by atoms with Gasteiger partial charge in [-0.1, -0.05) is 53.7 Å². The molecule has 0 aliphatic carbocycles. The largest absolute Gasteiger partial charge is 0.507 e. The predicted octanol–water partition coefficient (Wildman–Crippen LogP) is 7.56. The molecule has 1 unspecified atom stereocenters. The fourth-order valence-corrected chi connectivity index (χ4v) is 8.39. The first-order valence-electron chi connectivity index (χ1n) is 11.7. The Hall–Kier alpha value is -0.680. The van der Waals surface area contributed by atoms with E-state index < -0.39 is 26.3 Å². The van der Waals surface area contributed by atoms with Gasteiger partial charge in [-0.3, -0.25) is 9.13 Å². The molecule has 0 saturated carbocycles. The fraction of sp³-hybridized carbons (Fsp3) is 0.750. The molecule has 0 aromatic heterocycles. The lowest BCUT2D eigenvalue weighted by molar-refractivity contribution is 0.203. The van der Waals surface area contributed by atoms with Crippen LogP contribution in [0.1, 0.15) is 91.6 Å². The van der Waals surface area contributed by atoms with Crippen LogP contribution in [0, 0.1) is 0 Å². The monoisotopic (exact) mass is 506 g/mol. The van der Waals surface area contributed by atoms with Gasteiger partial charge in [0, 0.05) is 5.56 Å². The van der Waals surface area contributed by atoms with Gasteiger partial charge in [0.05, 0.1) is 32.6 Å². The van der Waals surface area contributed by atoms with Crippen molar-refractivity contribution in [3.8, 4) is 5.75 Å². The van der Waals surface area contributed by atoms with Gasteiger partial charge in [0.25, 0.3) is 0 Å². The number of hydrogen-bond donors (Lipinski definition) is 1. The summed E-state index contributed by atoms with van der Waals surface area (Å²) in [6.45, 7) is 19.7. The Kier molecular flexibility index (Phi) is 10.9. The molecule has 1 aromatic carbocycles. The lowest BCUT2D eigenvalue weighted by atomic mass is 9.78. The van der Waals surface area contributed by atoms with Crippen LogP contribution in [0.2, 0.25) is 0 Å². The first kappa shape index (κ1) is 30.4. The zero-order valence-corrected chi connectivity index (χ0v) is 23.8. The van der Waals surface area contributed by atoms with Crippen LogP contribution >= 0.6 is 15.2 Å². The highest BCUT2D eigenvalue weighted by atomic mass is 31.2. The maximum Gasteiger partial charge on any atom is 0.338 e. The van der Waals surface area contributed by atoms with Gasteiger partial charge in [-0.05, 0) is 49.7 Å². The van der Waals surface area contributed by atoms with Crippen molar-refractivity contribution in [2.75, 3.05) is 32.6 Å². The van der Waals surface area contributed by atoms with E-state index in [0.29, 0.717) is 11.1 Å². The normalized spacial score (nSPS) is 14.5. The van der Waals surface area contributed by atoms with Crippen molar-refractivity contribution < 1.29 is 32.3 Å². The minimum Gasteiger partial charge on any atom is -0.507 e. The third-order valence-electron chi connectivity index (χ3n) is 5.22. The molecule has 0 aliphatic rings. The quantitative estimate of drug-likeness (QED) is 0.292. The summed E-state index contributed by atoms with van der Waals surface area (Å²) in [6.07, 6.45) is -0.239. The Morgan fingerprint density at radius 1 is 0.788 bits per heavy atom. The Bertz CT molecular complexity index is 849. The van der Waals surface area contributed by atoms with Gasteiger partial charge < -0.3 is 23.2 Å². The van der Waals surface area contributed by atoms with Crippen LogP contribution < -0.4 is 0 Å². The van der Waals surface area contributed by atoms with E-state index >= 15 is 0 Å². The molecule has 0 aliphatic heterocycles. The average Bonchev–Trinajstić information content (AvgIpc) is 2.65. The van der Waals surface area contributed by atoms with Gasteiger partial charge >= 0.3 is 15.2 Å². The molecular weight excluding hydrogens is 462 g/mol. The smallest absolute Gasteiger partial charge is 0.338 e. The molecule has 9 heteroatoms. The molecule has 0 heterocycles. The third kappa shape index (κ3) is 7.92. The SMILES string of the molecule is CCOP(=O)(CC(c1cc(C(C)(C)C)cc(C(C)(C)C)c1O)P(=O)(OCC)OCC)OCC. The van der Waals surface area contributed by atoms with E-state index in [4.69, 9.17) is 18.1 Å². The van der Waals surface area contributed by atoms with E-state index in [1.165, 1.54) is 0 Å². The maximum absolute atomic E-state index is 14.1. The van der Waals surface area contributed by atoms with Gasteiger partial charge in [-0.25, -0.2) is 0 Å². The number of phenolic OH excluding ortho intramolecular Hbond substituents is 1. The summed E-state index contributed by atoms with van der Waals surface area (Å²) in [7, 11) is -7.52. The van der Waals surface area contributed by atoms with Gasteiger partial charge in [0.2, 0.25) is 0 Å². The van der Waals surface area contributed by atoms with Crippen LogP contribution in [-0.4, -0.2) is 37.7 Å². The molecular formula is C24H44O7P2.